The van der Waals surface area contributed by atoms with Crippen molar-refractivity contribution in [2.75, 3.05) is 20.0 Å². The van der Waals surface area contributed by atoms with Crippen LogP contribution in [0.3, 0.4) is 0 Å². The van der Waals surface area contributed by atoms with Crippen LogP contribution < -0.4 is 9.47 Å². The summed E-state index contributed by atoms with van der Waals surface area (Å²) in [5, 5.41) is 0. The van der Waals surface area contributed by atoms with Crippen molar-refractivity contribution in [3.05, 3.63) is 18.2 Å². The Morgan fingerprint density at radius 1 is 1.15 bits per heavy atom. The van der Waals surface area contributed by atoms with Gasteiger partial charge in [-0.15, -0.1) is 11.8 Å². The topological polar surface area (TPSA) is 18.5 Å². The lowest BCUT2D eigenvalue weighted by Gasteiger charge is -2.10. The molecule has 0 N–H and O–H groups in total. The average Bonchev–Trinajstić information content (AvgIpc) is 2.18. The third-order valence-electron chi connectivity index (χ3n) is 1.67. The summed E-state index contributed by atoms with van der Waals surface area (Å²) in [6.07, 6.45) is 0. The minimum absolute atomic E-state index is 0.881. The van der Waals surface area contributed by atoms with Crippen molar-refractivity contribution in [3.63, 3.8) is 0 Å². The predicted molar refractivity (Wildman–Crippen MR) is 55.9 cm³/mol. The van der Waals surface area contributed by atoms with Crippen LogP contribution in [0.2, 0.25) is 0 Å². The van der Waals surface area contributed by atoms with E-state index in [1.54, 1.807) is 26.0 Å². The van der Waals surface area contributed by atoms with E-state index in [9.17, 15) is 0 Å². The van der Waals surface area contributed by atoms with Crippen molar-refractivity contribution in [1.82, 2.24) is 0 Å². The molecular formula is C10H14O2S. The summed E-state index contributed by atoms with van der Waals surface area (Å²) in [5.74, 6) is 2.77. The normalized spacial score (nSPS) is 9.77. The molecule has 0 heterocycles. The van der Waals surface area contributed by atoms with E-state index in [4.69, 9.17) is 9.47 Å². The molecule has 0 aliphatic rings. The van der Waals surface area contributed by atoms with Gasteiger partial charge in [0.1, 0.15) is 11.5 Å². The first kappa shape index (κ1) is 10.3. The lowest BCUT2D eigenvalue weighted by Crippen LogP contribution is -1.91. The number of benzene rings is 1. The molecule has 13 heavy (non-hydrogen) atoms. The highest BCUT2D eigenvalue weighted by Crippen LogP contribution is 2.37. The van der Waals surface area contributed by atoms with Crippen molar-refractivity contribution in [2.24, 2.45) is 0 Å². The molecule has 0 atom stereocenters. The number of ether oxygens (including phenoxy) is 2. The summed E-state index contributed by atoms with van der Waals surface area (Å²) in [7, 11) is 3.35. The number of hydrogen-bond donors (Lipinski definition) is 0. The fraction of sp³-hybridized carbons (Fsp3) is 0.400. The maximum absolute atomic E-state index is 5.24. The molecule has 0 unspecified atom stereocenters. The van der Waals surface area contributed by atoms with Crippen LogP contribution in [-0.4, -0.2) is 20.0 Å². The smallest absolute Gasteiger partial charge is 0.136 e. The lowest BCUT2D eigenvalue weighted by molar-refractivity contribution is 0.376. The summed E-state index contributed by atoms with van der Waals surface area (Å²) in [4.78, 5) is 1.08. The third-order valence-corrected chi connectivity index (χ3v) is 2.65. The third kappa shape index (κ3) is 2.31. The summed E-state index contributed by atoms with van der Waals surface area (Å²) in [5.41, 5.74) is 0. The van der Waals surface area contributed by atoms with Crippen LogP contribution in [-0.2, 0) is 0 Å². The molecule has 0 aliphatic heterocycles. The summed E-state index contributed by atoms with van der Waals surface area (Å²) < 4.78 is 10.5. The first-order valence-electron chi connectivity index (χ1n) is 4.17. The number of hydrogen-bond acceptors (Lipinski definition) is 3. The molecule has 0 spiro atoms. The van der Waals surface area contributed by atoms with Gasteiger partial charge in [0.05, 0.1) is 19.1 Å². The maximum atomic E-state index is 5.24. The largest absolute Gasteiger partial charge is 0.495 e. The van der Waals surface area contributed by atoms with Crippen molar-refractivity contribution >= 4 is 11.8 Å². The Morgan fingerprint density at radius 3 is 2.08 bits per heavy atom. The van der Waals surface area contributed by atoms with Crippen LogP contribution in [0.5, 0.6) is 11.5 Å². The van der Waals surface area contributed by atoms with Gasteiger partial charge >= 0.3 is 0 Å². The summed E-state index contributed by atoms with van der Waals surface area (Å²) >= 11 is 1.73. The Labute approximate surface area is 83.2 Å². The van der Waals surface area contributed by atoms with Crippen LogP contribution >= 0.6 is 11.8 Å². The first-order chi connectivity index (χ1) is 6.33. The Kier molecular flexibility index (Phi) is 3.96. The maximum Gasteiger partial charge on any atom is 0.136 e. The molecule has 0 saturated heterocycles. The lowest BCUT2D eigenvalue weighted by atomic mass is 10.3. The van der Waals surface area contributed by atoms with E-state index in [1.165, 1.54) is 0 Å². The molecule has 0 amide bonds. The fourth-order valence-corrected chi connectivity index (χ4v) is 1.98. The molecule has 1 rings (SSSR count). The number of rotatable bonds is 4. The average molecular weight is 198 g/mol. The monoisotopic (exact) mass is 198 g/mol. The Bertz CT molecular complexity index is 251. The van der Waals surface area contributed by atoms with Crippen LogP contribution in [0.1, 0.15) is 6.92 Å². The van der Waals surface area contributed by atoms with E-state index >= 15 is 0 Å². The first-order valence-corrected chi connectivity index (χ1v) is 5.15. The van der Waals surface area contributed by atoms with Gasteiger partial charge in [-0.2, -0.15) is 0 Å². The fourth-order valence-electron chi connectivity index (χ4n) is 1.10. The molecule has 1 aromatic rings. The zero-order valence-electron chi connectivity index (χ0n) is 8.16. The number of thioether (sulfide) groups is 1. The molecule has 0 radical (unpaired) electrons. The molecule has 0 aliphatic carbocycles. The highest BCUT2D eigenvalue weighted by atomic mass is 32.2. The van der Waals surface area contributed by atoms with Crippen molar-refractivity contribution in [3.8, 4) is 11.5 Å². The van der Waals surface area contributed by atoms with Gasteiger partial charge in [-0.1, -0.05) is 13.0 Å². The van der Waals surface area contributed by atoms with Crippen molar-refractivity contribution < 1.29 is 9.47 Å². The van der Waals surface area contributed by atoms with E-state index in [0.29, 0.717) is 0 Å². The molecule has 0 aromatic heterocycles. The standard InChI is InChI=1S/C10H14O2S/c1-4-13-10-8(11-2)6-5-7-9(10)12-3/h5-7H,4H2,1-3H3. The van der Waals surface area contributed by atoms with Gasteiger partial charge in [-0.3, -0.25) is 0 Å². The minimum Gasteiger partial charge on any atom is -0.495 e. The Balaban J connectivity index is 3.05. The van der Waals surface area contributed by atoms with Gasteiger partial charge in [-0.05, 0) is 17.9 Å². The van der Waals surface area contributed by atoms with E-state index in [1.807, 2.05) is 18.2 Å². The predicted octanol–water partition coefficient (Wildman–Crippen LogP) is 2.82. The molecule has 0 bridgehead atoms. The van der Waals surface area contributed by atoms with Crippen LogP contribution in [0.25, 0.3) is 0 Å². The molecule has 1 aromatic carbocycles. The molecule has 72 valence electrons. The molecule has 3 heteroatoms. The number of methoxy groups -OCH3 is 2. The summed E-state index contributed by atoms with van der Waals surface area (Å²) in [6, 6.07) is 5.82. The second-order valence-electron chi connectivity index (χ2n) is 2.42. The van der Waals surface area contributed by atoms with Gasteiger partial charge in [0, 0.05) is 0 Å². The van der Waals surface area contributed by atoms with Gasteiger partial charge in [-0.25, -0.2) is 0 Å². The zero-order chi connectivity index (χ0) is 9.68. The van der Waals surface area contributed by atoms with Gasteiger partial charge in [0.25, 0.3) is 0 Å². The second-order valence-corrected chi connectivity index (χ2v) is 3.70. The highest BCUT2D eigenvalue weighted by Gasteiger charge is 2.08. The van der Waals surface area contributed by atoms with Crippen LogP contribution in [0.4, 0.5) is 0 Å². The van der Waals surface area contributed by atoms with E-state index < -0.39 is 0 Å². The SMILES string of the molecule is CCSc1c(OC)cccc1OC. The van der Waals surface area contributed by atoms with Gasteiger partial charge in [0.2, 0.25) is 0 Å². The van der Waals surface area contributed by atoms with Gasteiger partial charge in [0.15, 0.2) is 0 Å². The highest BCUT2D eigenvalue weighted by molar-refractivity contribution is 7.99. The molecule has 0 fully saturated rings. The Hall–Kier alpha value is -0.830. The zero-order valence-corrected chi connectivity index (χ0v) is 8.98. The summed E-state index contributed by atoms with van der Waals surface area (Å²) in [6.45, 7) is 2.11. The second kappa shape index (κ2) is 5.02. The quantitative estimate of drug-likeness (QED) is 0.693. The molecule has 0 saturated carbocycles. The van der Waals surface area contributed by atoms with E-state index in [-0.39, 0.29) is 0 Å². The van der Waals surface area contributed by atoms with Crippen LogP contribution in [0.15, 0.2) is 23.1 Å². The molecule has 2 nitrogen and oxygen atoms in total. The van der Waals surface area contributed by atoms with E-state index in [2.05, 4.69) is 6.92 Å². The van der Waals surface area contributed by atoms with E-state index in [0.717, 1.165) is 22.1 Å². The Morgan fingerprint density at radius 2 is 1.69 bits per heavy atom. The van der Waals surface area contributed by atoms with Crippen molar-refractivity contribution in [2.45, 2.75) is 11.8 Å². The van der Waals surface area contributed by atoms with Gasteiger partial charge < -0.3 is 9.47 Å². The van der Waals surface area contributed by atoms with Crippen LogP contribution in [0, 0.1) is 0 Å². The minimum atomic E-state index is 0.881. The molecular weight excluding hydrogens is 184 g/mol. The van der Waals surface area contributed by atoms with Crippen molar-refractivity contribution in [1.29, 1.82) is 0 Å².